The molecule has 2 aliphatic rings. The lowest BCUT2D eigenvalue weighted by atomic mass is 9.68. The number of rotatable bonds is 5. The minimum absolute atomic E-state index is 0.139. The van der Waals surface area contributed by atoms with Gasteiger partial charge in [0.1, 0.15) is 11.4 Å². The molecule has 0 aromatic heterocycles. The van der Waals surface area contributed by atoms with Crippen molar-refractivity contribution in [2.24, 2.45) is 0 Å². The van der Waals surface area contributed by atoms with E-state index in [2.05, 4.69) is 0 Å². The molecule has 6 nitrogen and oxygen atoms in total. The topological polar surface area (TPSA) is 65.1 Å². The highest BCUT2D eigenvalue weighted by atomic mass is 16.6. The van der Waals surface area contributed by atoms with Gasteiger partial charge < -0.3 is 19.1 Å². The van der Waals surface area contributed by atoms with Crippen molar-refractivity contribution in [2.75, 3.05) is 13.7 Å². The van der Waals surface area contributed by atoms with Crippen LogP contribution in [0.3, 0.4) is 0 Å². The Kier molecular flexibility index (Phi) is 6.27. The zero-order valence-electron chi connectivity index (χ0n) is 18.9. The van der Waals surface area contributed by atoms with Crippen LogP contribution in [0.25, 0.3) is 5.57 Å². The lowest BCUT2D eigenvalue weighted by Crippen LogP contribution is -2.67. The standard InChI is InChI=1S/C24H33NO5/c1-16(2)29-21-19(17-12-8-7-9-13-17)20(26)24(21,28-6)18-14-10-11-15-25(18)22(27)30-23(3,4)5/h7-9,12-13,16,18H,10-11,14-15H2,1-6H3. The maximum atomic E-state index is 13.6. The van der Waals surface area contributed by atoms with Crippen LogP contribution in [-0.2, 0) is 19.0 Å². The van der Waals surface area contributed by atoms with E-state index in [1.165, 1.54) is 7.11 Å². The number of ketones is 1. The van der Waals surface area contributed by atoms with Gasteiger partial charge in [-0.1, -0.05) is 30.3 Å². The third-order valence-corrected chi connectivity index (χ3v) is 5.47. The molecule has 1 fully saturated rings. The second kappa shape index (κ2) is 8.42. The number of hydrogen-bond acceptors (Lipinski definition) is 5. The molecule has 6 heteroatoms. The summed E-state index contributed by atoms with van der Waals surface area (Å²) in [5.41, 5.74) is -0.607. The van der Waals surface area contributed by atoms with Crippen molar-refractivity contribution >= 4 is 17.4 Å². The fourth-order valence-electron chi connectivity index (χ4n) is 4.28. The number of amides is 1. The van der Waals surface area contributed by atoms with E-state index in [-0.39, 0.29) is 11.9 Å². The van der Waals surface area contributed by atoms with Crippen molar-refractivity contribution in [3.05, 3.63) is 41.7 Å². The monoisotopic (exact) mass is 415 g/mol. The SMILES string of the molecule is COC1(C2CCCCN2C(=O)OC(C)(C)C)C(=O)C(c2ccccc2)=C1OC(C)C. The Balaban J connectivity index is 2.06. The zero-order valence-corrected chi connectivity index (χ0v) is 18.9. The van der Waals surface area contributed by atoms with Crippen LogP contribution in [0.15, 0.2) is 36.1 Å². The van der Waals surface area contributed by atoms with Crippen LogP contribution in [0.5, 0.6) is 0 Å². The highest BCUT2D eigenvalue weighted by molar-refractivity contribution is 6.34. The lowest BCUT2D eigenvalue weighted by molar-refractivity contribution is -0.154. The van der Waals surface area contributed by atoms with Gasteiger partial charge in [-0.3, -0.25) is 4.79 Å². The number of methoxy groups -OCH3 is 1. The first-order valence-corrected chi connectivity index (χ1v) is 10.7. The Morgan fingerprint density at radius 2 is 1.83 bits per heavy atom. The third kappa shape index (κ3) is 3.97. The highest BCUT2D eigenvalue weighted by Gasteiger charge is 2.64. The van der Waals surface area contributed by atoms with Crippen molar-refractivity contribution in [1.29, 1.82) is 0 Å². The summed E-state index contributed by atoms with van der Waals surface area (Å²) in [5.74, 6) is 0.365. The summed E-state index contributed by atoms with van der Waals surface area (Å²) in [7, 11) is 1.52. The van der Waals surface area contributed by atoms with E-state index in [0.29, 0.717) is 24.3 Å². The lowest BCUT2D eigenvalue weighted by Gasteiger charge is -2.51. The van der Waals surface area contributed by atoms with E-state index in [9.17, 15) is 9.59 Å². The minimum Gasteiger partial charge on any atom is -0.491 e. The quantitative estimate of drug-likeness (QED) is 0.704. The van der Waals surface area contributed by atoms with Crippen LogP contribution in [0, 0.1) is 0 Å². The third-order valence-electron chi connectivity index (χ3n) is 5.47. The summed E-state index contributed by atoms with van der Waals surface area (Å²) >= 11 is 0. The van der Waals surface area contributed by atoms with Gasteiger partial charge in [0.15, 0.2) is 0 Å². The summed E-state index contributed by atoms with van der Waals surface area (Å²) in [6.07, 6.45) is 1.84. The van der Waals surface area contributed by atoms with E-state index >= 15 is 0 Å². The fourth-order valence-corrected chi connectivity index (χ4v) is 4.28. The number of carbonyl (C=O) groups excluding carboxylic acids is 2. The number of hydrogen-bond donors (Lipinski definition) is 0. The number of likely N-dealkylation sites (tertiary alicyclic amines) is 1. The molecule has 1 aliphatic carbocycles. The van der Waals surface area contributed by atoms with Crippen molar-refractivity contribution in [3.63, 3.8) is 0 Å². The van der Waals surface area contributed by atoms with Gasteiger partial charge in [-0.05, 0) is 59.4 Å². The molecule has 164 valence electrons. The average Bonchev–Trinajstić information content (AvgIpc) is 2.68. The Morgan fingerprint density at radius 1 is 1.17 bits per heavy atom. The van der Waals surface area contributed by atoms with Crippen molar-refractivity contribution in [3.8, 4) is 0 Å². The fraction of sp³-hybridized carbons (Fsp3) is 0.583. The smallest absolute Gasteiger partial charge is 0.410 e. The predicted molar refractivity (Wildman–Crippen MR) is 115 cm³/mol. The van der Waals surface area contributed by atoms with Crippen molar-refractivity contribution in [2.45, 2.75) is 77.2 Å². The van der Waals surface area contributed by atoms with Gasteiger partial charge in [0.05, 0.1) is 17.7 Å². The summed E-state index contributed by atoms with van der Waals surface area (Å²) in [5, 5.41) is 0. The largest absolute Gasteiger partial charge is 0.491 e. The number of Topliss-reactive ketones (excluding diaryl/α,β-unsaturated/α-hetero) is 1. The molecule has 1 saturated heterocycles. The summed E-state index contributed by atoms with van der Waals surface area (Å²) < 4.78 is 17.7. The number of carbonyl (C=O) groups is 2. The van der Waals surface area contributed by atoms with E-state index in [1.54, 1.807) is 4.90 Å². The molecule has 0 N–H and O–H groups in total. The molecule has 2 unspecified atom stereocenters. The maximum absolute atomic E-state index is 13.6. The van der Waals surface area contributed by atoms with Gasteiger partial charge in [0.2, 0.25) is 11.4 Å². The number of piperidine rings is 1. The van der Waals surface area contributed by atoms with Crippen LogP contribution in [0.2, 0.25) is 0 Å². The molecule has 0 saturated carbocycles. The first kappa shape index (κ1) is 22.3. The first-order chi connectivity index (χ1) is 14.1. The molecule has 3 rings (SSSR count). The van der Waals surface area contributed by atoms with Gasteiger partial charge in [-0.15, -0.1) is 0 Å². The highest BCUT2D eigenvalue weighted by Crippen LogP contribution is 2.50. The van der Waals surface area contributed by atoms with E-state index in [0.717, 1.165) is 18.4 Å². The van der Waals surface area contributed by atoms with Gasteiger partial charge in [0.25, 0.3) is 0 Å². The van der Waals surface area contributed by atoms with Crippen LogP contribution < -0.4 is 0 Å². The molecule has 2 atom stereocenters. The van der Waals surface area contributed by atoms with E-state index < -0.39 is 23.3 Å². The molecule has 0 bridgehead atoms. The second-order valence-corrected chi connectivity index (χ2v) is 9.19. The van der Waals surface area contributed by atoms with Gasteiger partial charge >= 0.3 is 6.09 Å². The number of ether oxygens (including phenoxy) is 3. The zero-order chi connectivity index (χ0) is 22.1. The van der Waals surface area contributed by atoms with Gasteiger partial charge in [0, 0.05) is 13.7 Å². The average molecular weight is 416 g/mol. The normalized spacial score (nSPS) is 24.7. The minimum atomic E-state index is -1.31. The molecule has 0 radical (unpaired) electrons. The summed E-state index contributed by atoms with van der Waals surface area (Å²) in [6, 6.07) is 9.00. The van der Waals surface area contributed by atoms with Gasteiger partial charge in [-0.25, -0.2) is 4.79 Å². The van der Waals surface area contributed by atoms with E-state index in [1.807, 2.05) is 65.0 Å². The second-order valence-electron chi connectivity index (χ2n) is 9.19. The van der Waals surface area contributed by atoms with Crippen LogP contribution in [-0.4, -0.2) is 53.8 Å². The Labute approximate surface area is 179 Å². The Morgan fingerprint density at radius 3 is 2.40 bits per heavy atom. The van der Waals surface area contributed by atoms with Crippen LogP contribution in [0.1, 0.15) is 59.4 Å². The summed E-state index contributed by atoms with van der Waals surface area (Å²) in [4.78, 5) is 28.3. The first-order valence-electron chi connectivity index (χ1n) is 10.7. The molecule has 1 aromatic carbocycles. The molecule has 1 aromatic rings. The summed E-state index contributed by atoms with van der Waals surface area (Å²) in [6.45, 7) is 9.88. The molecule has 1 amide bonds. The van der Waals surface area contributed by atoms with E-state index in [4.69, 9.17) is 14.2 Å². The molecule has 30 heavy (non-hydrogen) atoms. The van der Waals surface area contributed by atoms with Crippen LogP contribution in [0.4, 0.5) is 4.79 Å². The molecule has 1 heterocycles. The Hall–Kier alpha value is -2.34. The number of benzene rings is 1. The van der Waals surface area contributed by atoms with Crippen LogP contribution >= 0.6 is 0 Å². The Bertz CT molecular complexity index is 824. The molecule has 0 spiro atoms. The molecule has 1 aliphatic heterocycles. The van der Waals surface area contributed by atoms with Crippen molar-refractivity contribution < 1.29 is 23.8 Å². The molecular formula is C24H33NO5. The van der Waals surface area contributed by atoms with Crippen molar-refractivity contribution in [1.82, 2.24) is 4.90 Å². The molecular weight excluding hydrogens is 382 g/mol. The van der Waals surface area contributed by atoms with Gasteiger partial charge in [-0.2, -0.15) is 0 Å². The number of nitrogens with zero attached hydrogens (tertiary/aromatic N) is 1. The maximum Gasteiger partial charge on any atom is 0.410 e. The predicted octanol–water partition coefficient (Wildman–Crippen LogP) is 4.58.